The Kier molecular flexibility index (Phi) is 2.01. The normalized spacial score (nSPS) is 29.9. The highest BCUT2D eigenvalue weighted by atomic mass is 16.5. The molecule has 0 spiro atoms. The maximum atomic E-state index is 11.8. The Morgan fingerprint density at radius 3 is 2.08 bits per heavy atom. The summed E-state index contributed by atoms with van der Waals surface area (Å²) in [4.78, 5) is 11.1. The first-order chi connectivity index (χ1) is 5.69. The predicted octanol–water partition coefficient (Wildman–Crippen LogP) is -0.648. The van der Waals surface area contributed by atoms with Crippen molar-refractivity contribution in [1.82, 2.24) is 0 Å². The highest BCUT2D eigenvalue weighted by Gasteiger charge is 2.47. The van der Waals surface area contributed by atoms with Gasteiger partial charge in [0.15, 0.2) is 0 Å². The number of carbonyl (C=O) groups excluding carboxylic acids is 1. The van der Waals surface area contributed by atoms with E-state index >= 15 is 0 Å². The molecular weight excluding hydrogens is 168 g/mol. The van der Waals surface area contributed by atoms with E-state index in [2.05, 4.69) is 0 Å². The van der Waals surface area contributed by atoms with Crippen LogP contribution in [-0.2, 0) is 4.79 Å². The number of nitrogens with two attached hydrogens (primary N) is 1. The van der Waals surface area contributed by atoms with Gasteiger partial charge in [-0.15, -0.1) is 0 Å². The molecule has 0 saturated carbocycles. The Morgan fingerprint density at radius 1 is 1.46 bits per heavy atom. The third-order valence-corrected chi connectivity index (χ3v) is 2.60. The smallest absolute Gasteiger partial charge is 0.250 e. The van der Waals surface area contributed by atoms with Crippen LogP contribution in [0.25, 0.3) is 0 Å². The SMILES string of the molecule is CC1(C)C=C(C(N)=O)C(C)(C)[NH+]1[O-]. The maximum Gasteiger partial charge on any atom is 0.250 e. The van der Waals surface area contributed by atoms with E-state index in [1.54, 1.807) is 33.8 Å². The third kappa shape index (κ3) is 1.36. The summed E-state index contributed by atoms with van der Waals surface area (Å²) in [5, 5.41) is 11.9. The first kappa shape index (κ1) is 10.2. The summed E-state index contributed by atoms with van der Waals surface area (Å²) in [6.07, 6.45) is 1.68. The number of quaternary nitrogens is 1. The van der Waals surface area contributed by atoms with Gasteiger partial charge in [-0.2, -0.15) is 0 Å². The number of nitrogens with one attached hydrogen (secondary N) is 1. The van der Waals surface area contributed by atoms with Crippen LogP contribution in [0.4, 0.5) is 0 Å². The number of hydroxylamine groups is 2. The predicted molar refractivity (Wildman–Crippen MR) is 49.8 cm³/mol. The van der Waals surface area contributed by atoms with Crippen molar-refractivity contribution in [2.24, 2.45) is 5.73 Å². The van der Waals surface area contributed by atoms with Crippen LogP contribution in [0.2, 0.25) is 0 Å². The summed E-state index contributed by atoms with van der Waals surface area (Å²) in [7, 11) is 0. The zero-order chi connectivity index (χ0) is 10.4. The van der Waals surface area contributed by atoms with E-state index < -0.39 is 17.0 Å². The molecule has 74 valence electrons. The highest BCUT2D eigenvalue weighted by molar-refractivity contribution is 5.94. The number of carbonyl (C=O) groups is 1. The molecule has 1 rings (SSSR count). The Morgan fingerprint density at radius 2 is 1.92 bits per heavy atom. The van der Waals surface area contributed by atoms with Crippen molar-refractivity contribution >= 4 is 5.91 Å². The van der Waals surface area contributed by atoms with Crippen molar-refractivity contribution in [2.45, 2.75) is 38.8 Å². The minimum Gasteiger partial charge on any atom is -0.633 e. The van der Waals surface area contributed by atoms with E-state index in [1.165, 1.54) is 0 Å². The molecule has 0 aromatic carbocycles. The zero-order valence-electron chi connectivity index (χ0n) is 8.47. The number of amides is 1. The number of hydrogen-bond donors (Lipinski definition) is 2. The molecule has 1 aliphatic rings. The van der Waals surface area contributed by atoms with Crippen molar-refractivity contribution in [2.75, 3.05) is 0 Å². The molecule has 4 nitrogen and oxygen atoms in total. The molecule has 3 N–H and O–H groups in total. The van der Waals surface area contributed by atoms with Gasteiger partial charge >= 0.3 is 0 Å². The average Bonchev–Trinajstić information content (AvgIpc) is 2.11. The van der Waals surface area contributed by atoms with Gasteiger partial charge in [-0.1, -0.05) is 0 Å². The molecule has 0 aromatic rings. The first-order valence-corrected chi connectivity index (χ1v) is 4.27. The topological polar surface area (TPSA) is 70.6 Å². The van der Waals surface area contributed by atoms with Crippen molar-refractivity contribution in [3.8, 4) is 0 Å². The number of rotatable bonds is 1. The highest BCUT2D eigenvalue weighted by Crippen LogP contribution is 2.23. The lowest BCUT2D eigenvalue weighted by Gasteiger charge is -2.41. The molecule has 4 heteroatoms. The van der Waals surface area contributed by atoms with Crippen molar-refractivity contribution < 1.29 is 9.86 Å². The molecule has 0 fully saturated rings. The molecule has 1 atom stereocenters. The van der Waals surface area contributed by atoms with Gasteiger partial charge in [0, 0.05) is 0 Å². The largest absolute Gasteiger partial charge is 0.633 e. The van der Waals surface area contributed by atoms with Crippen LogP contribution in [0, 0.1) is 5.21 Å². The van der Waals surface area contributed by atoms with E-state index in [1.807, 2.05) is 0 Å². The van der Waals surface area contributed by atoms with Gasteiger partial charge in [-0.3, -0.25) is 4.79 Å². The minimum absolute atomic E-state index is 0.0498. The molecule has 1 unspecified atom stereocenters. The zero-order valence-corrected chi connectivity index (χ0v) is 8.47. The number of hydrogen-bond acceptors (Lipinski definition) is 2. The summed E-state index contributed by atoms with van der Waals surface area (Å²) < 4.78 is 0. The Hall–Kier alpha value is -0.870. The van der Waals surface area contributed by atoms with Gasteiger partial charge in [-0.25, -0.2) is 0 Å². The molecule has 0 saturated heterocycles. The Labute approximate surface area is 78.0 Å². The van der Waals surface area contributed by atoms with Crippen LogP contribution in [0.15, 0.2) is 11.6 Å². The van der Waals surface area contributed by atoms with Gasteiger partial charge in [0.1, 0.15) is 11.1 Å². The average molecular weight is 184 g/mol. The van der Waals surface area contributed by atoms with Crippen LogP contribution in [0.5, 0.6) is 0 Å². The Bertz CT molecular complexity index is 279. The maximum absolute atomic E-state index is 11.8. The van der Waals surface area contributed by atoms with Crippen LogP contribution in [0.3, 0.4) is 0 Å². The number of primary amides is 1. The molecule has 0 aromatic heterocycles. The van der Waals surface area contributed by atoms with Crippen LogP contribution < -0.4 is 10.8 Å². The minimum atomic E-state index is -0.727. The van der Waals surface area contributed by atoms with Crippen molar-refractivity contribution in [1.29, 1.82) is 0 Å². The van der Waals surface area contributed by atoms with Crippen LogP contribution in [-0.4, -0.2) is 17.0 Å². The molecule has 1 aliphatic heterocycles. The monoisotopic (exact) mass is 184 g/mol. The lowest BCUT2D eigenvalue weighted by atomic mass is 9.96. The van der Waals surface area contributed by atoms with Crippen molar-refractivity contribution in [3.63, 3.8) is 0 Å². The van der Waals surface area contributed by atoms with E-state index in [4.69, 9.17) is 5.73 Å². The fraction of sp³-hybridized carbons (Fsp3) is 0.667. The molecule has 0 bridgehead atoms. The molecule has 13 heavy (non-hydrogen) atoms. The van der Waals surface area contributed by atoms with Crippen LogP contribution >= 0.6 is 0 Å². The van der Waals surface area contributed by atoms with E-state index in [0.717, 1.165) is 0 Å². The lowest BCUT2D eigenvalue weighted by molar-refractivity contribution is -0.927. The van der Waals surface area contributed by atoms with E-state index in [-0.39, 0.29) is 5.06 Å². The second-order valence-corrected chi connectivity index (χ2v) is 4.60. The van der Waals surface area contributed by atoms with Crippen molar-refractivity contribution in [3.05, 3.63) is 16.9 Å². The van der Waals surface area contributed by atoms with Gasteiger partial charge in [0.25, 0.3) is 5.91 Å². The van der Waals surface area contributed by atoms with Gasteiger partial charge in [0.2, 0.25) is 0 Å². The van der Waals surface area contributed by atoms with E-state index in [0.29, 0.717) is 5.57 Å². The quantitative estimate of drug-likeness (QED) is 0.532. The summed E-state index contributed by atoms with van der Waals surface area (Å²) >= 11 is 0. The summed E-state index contributed by atoms with van der Waals surface area (Å²) in [5.41, 5.74) is 4.34. The molecule has 0 aliphatic carbocycles. The van der Waals surface area contributed by atoms with Gasteiger partial charge in [0.05, 0.1) is 5.57 Å². The van der Waals surface area contributed by atoms with Gasteiger partial charge < -0.3 is 16.0 Å². The first-order valence-electron chi connectivity index (χ1n) is 4.27. The fourth-order valence-electron chi connectivity index (χ4n) is 1.91. The molecular formula is C9H16N2O2. The Balaban J connectivity index is 3.17. The summed E-state index contributed by atoms with van der Waals surface area (Å²) in [6, 6.07) is 0. The molecule has 1 amide bonds. The standard InChI is InChI=1S/C9H16N2O2/c1-8(2)5-6(7(10)12)9(3,4)11(8)13/h5,11H,1-4H3,(H2,10,12). The molecule has 1 heterocycles. The summed E-state index contributed by atoms with van der Waals surface area (Å²) in [6.45, 7) is 7.07. The van der Waals surface area contributed by atoms with Gasteiger partial charge in [-0.05, 0) is 33.8 Å². The fourth-order valence-corrected chi connectivity index (χ4v) is 1.91. The second kappa shape index (κ2) is 2.56. The van der Waals surface area contributed by atoms with Crippen LogP contribution in [0.1, 0.15) is 27.7 Å². The third-order valence-electron chi connectivity index (χ3n) is 2.60. The van der Waals surface area contributed by atoms with E-state index in [9.17, 15) is 10.0 Å². The molecule has 0 radical (unpaired) electrons. The second-order valence-electron chi connectivity index (χ2n) is 4.60. The lowest BCUT2D eigenvalue weighted by Crippen LogP contribution is -3.20. The summed E-state index contributed by atoms with van der Waals surface area (Å²) in [5.74, 6) is -0.496.